The molecule has 0 saturated heterocycles. The van der Waals surface area contributed by atoms with Gasteiger partial charge in [0.2, 0.25) is 0 Å². The molecule has 80 valence electrons. The van der Waals surface area contributed by atoms with Crippen LogP contribution in [0.3, 0.4) is 0 Å². The van der Waals surface area contributed by atoms with Crippen molar-refractivity contribution < 1.29 is 0 Å². The zero-order valence-corrected chi connectivity index (χ0v) is 9.89. The van der Waals surface area contributed by atoms with Crippen molar-refractivity contribution in [3.8, 4) is 12.3 Å². The van der Waals surface area contributed by atoms with Crippen molar-refractivity contribution in [2.75, 3.05) is 12.3 Å². The summed E-state index contributed by atoms with van der Waals surface area (Å²) in [7, 11) is 0. The summed E-state index contributed by atoms with van der Waals surface area (Å²) >= 11 is 1.85. The number of nitrogens with one attached hydrogen (secondary N) is 1. The maximum absolute atomic E-state index is 5.33. The van der Waals surface area contributed by atoms with E-state index in [1.807, 2.05) is 17.8 Å². The molecule has 0 aliphatic rings. The summed E-state index contributed by atoms with van der Waals surface area (Å²) < 4.78 is 0. The number of hydrogen-bond acceptors (Lipinski definition) is 2. The van der Waals surface area contributed by atoms with Crippen molar-refractivity contribution in [2.45, 2.75) is 24.3 Å². The van der Waals surface area contributed by atoms with Crippen LogP contribution in [0.5, 0.6) is 0 Å². The molecule has 1 atom stereocenters. The Balaban J connectivity index is 2.37. The van der Waals surface area contributed by atoms with Gasteiger partial charge in [-0.1, -0.05) is 25.1 Å². The third-order valence-electron chi connectivity index (χ3n) is 2.05. The zero-order chi connectivity index (χ0) is 10.9. The van der Waals surface area contributed by atoms with Crippen LogP contribution in [0.25, 0.3) is 0 Å². The Morgan fingerprint density at radius 1 is 1.40 bits per heavy atom. The molecule has 0 amide bonds. The molecule has 0 aromatic heterocycles. The van der Waals surface area contributed by atoms with Gasteiger partial charge in [-0.15, -0.1) is 24.1 Å². The van der Waals surface area contributed by atoms with E-state index in [1.54, 1.807) is 0 Å². The van der Waals surface area contributed by atoms with Crippen LogP contribution in [-0.2, 0) is 0 Å². The fourth-order valence-corrected chi connectivity index (χ4v) is 2.31. The lowest BCUT2D eigenvalue weighted by molar-refractivity contribution is 0.588. The highest BCUT2D eigenvalue weighted by molar-refractivity contribution is 7.99. The normalized spacial score (nSPS) is 12.0. The molecule has 15 heavy (non-hydrogen) atoms. The highest BCUT2D eigenvalue weighted by Crippen LogP contribution is 2.18. The average molecular weight is 219 g/mol. The van der Waals surface area contributed by atoms with Crippen molar-refractivity contribution >= 4 is 11.8 Å². The number of terminal acetylenes is 1. The smallest absolute Gasteiger partial charge is 0.0270 e. The van der Waals surface area contributed by atoms with E-state index in [0.29, 0.717) is 6.04 Å². The first-order valence-corrected chi connectivity index (χ1v) is 6.20. The van der Waals surface area contributed by atoms with Crippen molar-refractivity contribution in [1.29, 1.82) is 0 Å². The molecule has 2 heteroatoms. The van der Waals surface area contributed by atoms with Crippen LogP contribution < -0.4 is 5.32 Å². The zero-order valence-electron chi connectivity index (χ0n) is 9.07. The second kappa shape index (κ2) is 7.39. The third kappa shape index (κ3) is 4.92. The predicted molar refractivity (Wildman–Crippen MR) is 68.1 cm³/mol. The molecule has 0 heterocycles. The van der Waals surface area contributed by atoms with E-state index in [-0.39, 0.29) is 0 Å². The van der Waals surface area contributed by atoms with Crippen LogP contribution in [0.1, 0.15) is 13.3 Å². The highest BCUT2D eigenvalue weighted by atomic mass is 32.2. The largest absolute Gasteiger partial charge is 0.312 e. The molecule has 0 bridgehead atoms. The van der Waals surface area contributed by atoms with Gasteiger partial charge in [-0.05, 0) is 18.7 Å². The van der Waals surface area contributed by atoms with Crippen molar-refractivity contribution in [3.63, 3.8) is 0 Å². The molecule has 0 saturated carbocycles. The lowest BCUT2D eigenvalue weighted by Crippen LogP contribution is -2.30. The molecule has 1 aromatic rings. The summed E-state index contributed by atoms with van der Waals surface area (Å²) in [6.45, 7) is 3.08. The van der Waals surface area contributed by atoms with E-state index in [1.165, 1.54) is 4.90 Å². The van der Waals surface area contributed by atoms with E-state index in [9.17, 15) is 0 Å². The van der Waals surface area contributed by atoms with Crippen LogP contribution in [0.2, 0.25) is 0 Å². The van der Waals surface area contributed by atoms with Crippen LogP contribution in [0.4, 0.5) is 0 Å². The molecule has 0 spiro atoms. The average Bonchev–Trinajstić information content (AvgIpc) is 2.28. The van der Waals surface area contributed by atoms with Gasteiger partial charge in [0.1, 0.15) is 0 Å². The Hall–Kier alpha value is -0.910. The predicted octanol–water partition coefficient (Wildman–Crippen LogP) is 2.78. The standard InChI is InChI=1S/C13H17NS/c1-3-8-12(14-4-2)11-15-13-9-6-5-7-10-13/h1,5-7,9-10,12,14H,4,8,11H2,2H3. The highest BCUT2D eigenvalue weighted by Gasteiger charge is 2.05. The van der Waals surface area contributed by atoms with Gasteiger partial charge in [0, 0.05) is 23.1 Å². The quantitative estimate of drug-likeness (QED) is 0.583. The number of thioether (sulfide) groups is 1. The fourth-order valence-electron chi connectivity index (χ4n) is 1.33. The van der Waals surface area contributed by atoms with Gasteiger partial charge in [0.25, 0.3) is 0 Å². The Morgan fingerprint density at radius 2 is 2.13 bits per heavy atom. The van der Waals surface area contributed by atoms with Gasteiger partial charge in [-0.2, -0.15) is 0 Å². The molecule has 1 aromatic carbocycles. The van der Waals surface area contributed by atoms with E-state index in [0.717, 1.165) is 18.7 Å². The SMILES string of the molecule is C#CCC(CSc1ccccc1)NCC. The van der Waals surface area contributed by atoms with Crippen LogP contribution in [0, 0.1) is 12.3 Å². The molecule has 0 fully saturated rings. The van der Waals surface area contributed by atoms with Gasteiger partial charge in [0.15, 0.2) is 0 Å². The Morgan fingerprint density at radius 3 is 2.73 bits per heavy atom. The molecule has 1 unspecified atom stereocenters. The lowest BCUT2D eigenvalue weighted by Gasteiger charge is -2.14. The molecular formula is C13H17NS. The second-order valence-electron chi connectivity index (χ2n) is 3.29. The minimum absolute atomic E-state index is 0.421. The Kier molecular flexibility index (Phi) is 5.99. The number of rotatable bonds is 6. The van der Waals surface area contributed by atoms with Crippen molar-refractivity contribution in [3.05, 3.63) is 30.3 Å². The molecule has 0 radical (unpaired) electrons. The maximum Gasteiger partial charge on any atom is 0.0270 e. The molecule has 1 rings (SSSR count). The second-order valence-corrected chi connectivity index (χ2v) is 4.38. The summed E-state index contributed by atoms with van der Waals surface area (Å²) in [5.41, 5.74) is 0. The molecule has 1 nitrogen and oxygen atoms in total. The van der Waals surface area contributed by atoms with E-state index in [4.69, 9.17) is 6.42 Å². The van der Waals surface area contributed by atoms with Gasteiger partial charge in [-0.25, -0.2) is 0 Å². The topological polar surface area (TPSA) is 12.0 Å². The van der Waals surface area contributed by atoms with Gasteiger partial charge in [0.05, 0.1) is 0 Å². The molecule has 0 aliphatic carbocycles. The first kappa shape index (κ1) is 12.2. The Bertz CT molecular complexity index is 302. The van der Waals surface area contributed by atoms with Crippen LogP contribution in [-0.4, -0.2) is 18.3 Å². The van der Waals surface area contributed by atoms with E-state index in [2.05, 4.69) is 42.4 Å². The van der Waals surface area contributed by atoms with E-state index >= 15 is 0 Å². The molecule has 1 N–H and O–H groups in total. The maximum atomic E-state index is 5.33. The van der Waals surface area contributed by atoms with Crippen molar-refractivity contribution in [1.82, 2.24) is 5.32 Å². The third-order valence-corrected chi connectivity index (χ3v) is 3.23. The lowest BCUT2D eigenvalue weighted by atomic mass is 10.2. The summed E-state index contributed by atoms with van der Waals surface area (Å²) in [5.74, 6) is 3.74. The summed E-state index contributed by atoms with van der Waals surface area (Å²) in [5, 5.41) is 3.39. The monoisotopic (exact) mass is 219 g/mol. The summed E-state index contributed by atoms with van der Waals surface area (Å²) in [4.78, 5) is 1.30. The Labute approximate surface area is 96.7 Å². The minimum atomic E-state index is 0.421. The molecule has 0 aliphatic heterocycles. The summed E-state index contributed by atoms with van der Waals surface area (Å²) in [6, 6.07) is 10.8. The molecular weight excluding hydrogens is 202 g/mol. The first-order valence-electron chi connectivity index (χ1n) is 5.21. The number of benzene rings is 1. The van der Waals surface area contributed by atoms with Gasteiger partial charge in [-0.3, -0.25) is 0 Å². The minimum Gasteiger partial charge on any atom is -0.312 e. The number of hydrogen-bond donors (Lipinski definition) is 1. The van der Waals surface area contributed by atoms with Crippen LogP contribution in [0.15, 0.2) is 35.2 Å². The first-order chi connectivity index (χ1) is 7.36. The van der Waals surface area contributed by atoms with E-state index < -0.39 is 0 Å². The van der Waals surface area contributed by atoms with Crippen LogP contribution >= 0.6 is 11.8 Å². The van der Waals surface area contributed by atoms with Gasteiger partial charge >= 0.3 is 0 Å². The van der Waals surface area contributed by atoms with Gasteiger partial charge < -0.3 is 5.32 Å². The van der Waals surface area contributed by atoms with Crippen molar-refractivity contribution in [2.24, 2.45) is 0 Å². The summed E-state index contributed by atoms with van der Waals surface area (Å²) in [6.07, 6.45) is 6.13. The fraction of sp³-hybridized carbons (Fsp3) is 0.385.